The smallest absolute Gasteiger partial charge is 0.252 e. The Balaban J connectivity index is 2.96. The predicted molar refractivity (Wildman–Crippen MR) is 46.6 cm³/mol. The van der Waals surface area contributed by atoms with Gasteiger partial charge in [-0.3, -0.25) is 4.79 Å². The maximum absolute atomic E-state index is 10.6. The average molecular weight is 205 g/mol. The highest BCUT2D eigenvalue weighted by Crippen LogP contribution is 2.10. The second-order valence-corrected chi connectivity index (χ2v) is 3.51. The molecular weight excluding hydrogens is 200 g/mol. The quantitative estimate of drug-likeness (QED) is 0.467. The normalized spacial score (nSPS) is 15.8. The van der Waals surface area contributed by atoms with Crippen molar-refractivity contribution in [3.05, 3.63) is 23.8 Å². The van der Waals surface area contributed by atoms with Gasteiger partial charge in [-0.25, -0.2) is 0 Å². The van der Waals surface area contributed by atoms with E-state index in [1.807, 2.05) is 0 Å². The highest BCUT2D eigenvalue weighted by Gasteiger charge is 2.07. The summed E-state index contributed by atoms with van der Waals surface area (Å²) in [5.41, 5.74) is 0.339. The third kappa shape index (κ3) is 2.06. The van der Waals surface area contributed by atoms with Crippen LogP contribution in [-0.2, 0) is 15.1 Å². The second-order valence-electron chi connectivity index (χ2n) is 2.17. The first-order valence-electron chi connectivity index (χ1n) is 3.14. The molecule has 0 amide bonds. The Labute approximate surface area is 75.9 Å². The summed E-state index contributed by atoms with van der Waals surface area (Å²) in [5, 5.41) is -0.568. The van der Waals surface area contributed by atoms with E-state index in [0.29, 0.717) is 5.57 Å². The van der Waals surface area contributed by atoms with Gasteiger partial charge in [0.1, 0.15) is 0 Å². The molecule has 1 aliphatic carbocycles. The Morgan fingerprint density at radius 1 is 1.42 bits per heavy atom. The van der Waals surface area contributed by atoms with E-state index in [-0.39, 0.29) is 11.3 Å². The van der Waals surface area contributed by atoms with Gasteiger partial charge in [0, 0.05) is 12.0 Å². The minimum Gasteiger partial charge on any atom is -0.276 e. The second kappa shape index (κ2) is 3.69. The fourth-order valence-corrected chi connectivity index (χ4v) is 1.34. The molecule has 0 aromatic rings. The fourth-order valence-electron chi connectivity index (χ4n) is 0.799. The van der Waals surface area contributed by atoms with Crippen molar-refractivity contribution >= 4 is 32.0 Å². The first-order chi connectivity index (χ1) is 5.61. The van der Waals surface area contributed by atoms with Crippen LogP contribution >= 0.6 is 11.6 Å². The zero-order valence-corrected chi connectivity index (χ0v) is 7.52. The SMILES string of the molecule is O=C(Cl)C1=CCC(=S(=O)=O)C=C1. The zero-order valence-electron chi connectivity index (χ0n) is 5.95. The van der Waals surface area contributed by atoms with Crippen LogP contribution in [0.25, 0.3) is 0 Å². The van der Waals surface area contributed by atoms with E-state index >= 15 is 0 Å². The molecule has 12 heavy (non-hydrogen) atoms. The molecule has 0 aliphatic heterocycles. The molecule has 0 saturated heterocycles. The first kappa shape index (κ1) is 9.22. The molecule has 1 aliphatic rings. The molecule has 64 valence electrons. The van der Waals surface area contributed by atoms with Crippen molar-refractivity contribution in [2.75, 3.05) is 0 Å². The summed E-state index contributed by atoms with van der Waals surface area (Å²) in [5.74, 6) is 0. The standard InChI is InChI=1S/C7H5ClO3S/c8-7(9)5-1-3-6(4-2-5)12(10)11/h1-3H,4H2. The average Bonchev–Trinajstić information content (AvgIpc) is 2.04. The minimum atomic E-state index is -2.20. The highest BCUT2D eigenvalue weighted by molar-refractivity contribution is 7.73. The summed E-state index contributed by atoms with van der Waals surface area (Å²) in [4.78, 5) is 10.8. The lowest BCUT2D eigenvalue weighted by molar-refractivity contribution is -0.108. The van der Waals surface area contributed by atoms with E-state index < -0.39 is 15.5 Å². The van der Waals surface area contributed by atoms with E-state index in [1.54, 1.807) is 0 Å². The number of carbonyl (C=O) groups is 1. The Hall–Kier alpha value is -0.870. The van der Waals surface area contributed by atoms with Crippen LogP contribution in [0.3, 0.4) is 0 Å². The van der Waals surface area contributed by atoms with E-state index in [9.17, 15) is 13.2 Å². The van der Waals surface area contributed by atoms with E-state index in [4.69, 9.17) is 11.6 Å². The minimum absolute atomic E-state index is 0.237. The molecule has 0 aromatic heterocycles. The lowest BCUT2D eigenvalue weighted by Gasteiger charge is -2.00. The summed E-state index contributed by atoms with van der Waals surface area (Å²) in [6, 6.07) is 0. The van der Waals surface area contributed by atoms with Gasteiger partial charge in [-0.1, -0.05) is 6.08 Å². The van der Waals surface area contributed by atoms with Gasteiger partial charge in [0.05, 0.1) is 4.86 Å². The van der Waals surface area contributed by atoms with Crippen molar-refractivity contribution in [3.8, 4) is 0 Å². The van der Waals surface area contributed by atoms with E-state index in [1.165, 1.54) is 18.2 Å². The molecule has 1 rings (SSSR count). The molecule has 0 fully saturated rings. The van der Waals surface area contributed by atoms with Gasteiger partial charge in [-0.05, 0) is 23.8 Å². The largest absolute Gasteiger partial charge is 0.276 e. The van der Waals surface area contributed by atoms with Gasteiger partial charge >= 0.3 is 0 Å². The number of rotatable bonds is 1. The topological polar surface area (TPSA) is 51.2 Å². The molecule has 0 N–H and O–H groups in total. The summed E-state index contributed by atoms with van der Waals surface area (Å²) < 4.78 is 20.8. The molecule has 0 bridgehead atoms. The lowest BCUT2D eigenvalue weighted by Crippen LogP contribution is -2.02. The molecule has 0 spiro atoms. The van der Waals surface area contributed by atoms with Crippen molar-refractivity contribution in [2.24, 2.45) is 0 Å². The third-order valence-corrected chi connectivity index (χ3v) is 2.36. The van der Waals surface area contributed by atoms with Crippen LogP contribution in [-0.4, -0.2) is 18.5 Å². The van der Waals surface area contributed by atoms with Crippen LogP contribution in [0.1, 0.15) is 6.42 Å². The highest BCUT2D eigenvalue weighted by atomic mass is 35.5. The third-order valence-electron chi connectivity index (χ3n) is 1.41. The molecule has 0 saturated carbocycles. The fraction of sp³-hybridized carbons (Fsp3) is 0.143. The van der Waals surface area contributed by atoms with Crippen molar-refractivity contribution in [3.63, 3.8) is 0 Å². The monoisotopic (exact) mass is 204 g/mol. The molecule has 0 heterocycles. The number of hydrogen-bond acceptors (Lipinski definition) is 3. The molecular formula is C7H5ClO3S. The number of allylic oxidation sites excluding steroid dienone is 4. The summed E-state index contributed by atoms with van der Waals surface area (Å²) in [6.07, 6.45) is 4.49. The van der Waals surface area contributed by atoms with E-state index in [2.05, 4.69) is 0 Å². The van der Waals surface area contributed by atoms with Gasteiger partial charge < -0.3 is 0 Å². The molecule has 5 heteroatoms. The maximum Gasteiger partial charge on any atom is 0.252 e. The van der Waals surface area contributed by atoms with Gasteiger partial charge in [0.15, 0.2) is 0 Å². The van der Waals surface area contributed by atoms with Crippen LogP contribution in [0.15, 0.2) is 23.8 Å². The predicted octanol–water partition coefficient (Wildman–Crippen LogP) is 0.690. The molecule has 0 atom stereocenters. The van der Waals surface area contributed by atoms with Crippen LogP contribution in [0.5, 0.6) is 0 Å². The van der Waals surface area contributed by atoms with E-state index in [0.717, 1.165) is 0 Å². The Morgan fingerprint density at radius 3 is 2.42 bits per heavy atom. The van der Waals surface area contributed by atoms with Gasteiger partial charge in [-0.15, -0.1) is 0 Å². The van der Waals surface area contributed by atoms with Gasteiger partial charge in [0.2, 0.25) is 10.3 Å². The van der Waals surface area contributed by atoms with Crippen molar-refractivity contribution < 1.29 is 13.2 Å². The molecule has 3 nitrogen and oxygen atoms in total. The van der Waals surface area contributed by atoms with Crippen LogP contribution in [0, 0.1) is 0 Å². The van der Waals surface area contributed by atoms with Crippen LogP contribution in [0.2, 0.25) is 0 Å². The zero-order chi connectivity index (χ0) is 9.14. The lowest BCUT2D eigenvalue weighted by atomic mass is 10.1. The number of hydrogen-bond donors (Lipinski definition) is 0. The van der Waals surface area contributed by atoms with Crippen LogP contribution in [0.4, 0.5) is 0 Å². The van der Waals surface area contributed by atoms with Gasteiger partial charge in [-0.2, -0.15) is 8.42 Å². The number of halogens is 1. The Morgan fingerprint density at radius 2 is 2.08 bits per heavy atom. The Kier molecular flexibility index (Phi) is 2.83. The summed E-state index contributed by atoms with van der Waals surface area (Å²) in [7, 11) is -2.20. The van der Waals surface area contributed by atoms with Gasteiger partial charge in [0.25, 0.3) is 5.24 Å². The molecule has 0 aromatic carbocycles. The molecule has 0 radical (unpaired) electrons. The van der Waals surface area contributed by atoms with Crippen molar-refractivity contribution in [1.29, 1.82) is 0 Å². The molecule has 0 unspecified atom stereocenters. The van der Waals surface area contributed by atoms with Crippen molar-refractivity contribution in [2.45, 2.75) is 6.42 Å². The summed E-state index contributed by atoms with van der Waals surface area (Å²) in [6.45, 7) is 0. The maximum atomic E-state index is 10.6. The summed E-state index contributed by atoms with van der Waals surface area (Å²) >= 11 is 5.16. The van der Waals surface area contributed by atoms with Crippen LogP contribution < -0.4 is 0 Å². The first-order valence-corrected chi connectivity index (χ1v) is 4.59. The number of carbonyl (C=O) groups excluding carboxylic acids is 1. The van der Waals surface area contributed by atoms with Crippen molar-refractivity contribution in [1.82, 2.24) is 0 Å². The Bertz CT molecular complexity index is 392.